The second-order valence-corrected chi connectivity index (χ2v) is 8.35. The minimum absolute atomic E-state index is 0.0463. The van der Waals surface area contributed by atoms with Crippen LogP contribution in [0.25, 0.3) is 0 Å². The van der Waals surface area contributed by atoms with Crippen LogP contribution in [0.2, 0.25) is 0 Å². The lowest BCUT2D eigenvalue weighted by molar-refractivity contribution is -0.211. The van der Waals surface area contributed by atoms with Crippen molar-refractivity contribution >= 4 is 5.97 Å². The Morgan fingerprint density at radius 1 is 1.06 bits per heavy atom. The van der Waals surface area contributed by atoms with Gasteiger partial charge in [-0.25, -0.2) is 0 Å². The van der Waals surface area contributed by atoms with Crippen molar-refractivity contribution in [2.24, 2.45) is 5.92 Å². The van der Waals surface area contributed by atoms with Crippen LogP contribution in [-0.2, 0) is 38.0 Å². The van der Waals surface area contributed by atoms with Crippen molar-refractivity contribution in [3.8, 4) is 11.8 Å². The van der Waals surface area contributed by atoms with Crippen molar-refractivity contribution in [1.29, 1.82) is 0 Å². The third-order valence-electron chi connectivity index (χ3n) is 5.77. The predicted octanol–water partition coefficient (Wildman–Crippen LogP) is 2.38. The lowest BCUT2D eigenvalue weighted by Gasteiger charge is -2.32. The Bertz CT molecular complexity index is 590. The van der Waals surface area contributed by atoms with E-state index in [1.165, 1.54) is 14.2 Å². The molecule has 0 radical (unpaired) electrons. The highest BCUT2D eigenvalue weighted by Crippen LogP contribution is 2.24. The average molecular weight is 473 g/mol. The molecule has 0 aromatic rings. The summed E-state index contributed by atoms with van der Waals surface area (Å²) in [4.78, 5) is 12.5. The number of carbonyl (C=O) groups excluding carboxylic acids is 1. The van der Waals surface area contributed by atoms with Gasteiger partial charge in [-0.15, -0.1) is 0 Å². The molecule has 9 nitrogen and oxygen atoms in total. The van der Waals surface area contributed by atoms with Crippen LogP contribution in [0, 0.1) is 17.8 Å². The molecule has 190 valence electrons. The molecule has 9 heteroatoms. The first-order chi connectivity index (χ1) is 16.0. The molecule has 0 aliphatic carbocycles. The van der Waals surface area contributed by atoms with Crippen LogP contribution in [0.5, 0.6) is 0 Å². The molecule has 0 amide bonds. The zero-order valence-electron chi connectivity index (χ0n) is 20.2. The smallest absolute Gasteiger partial charge is 0.311 e. The van der Waals surface area contributed by atoms with E-state index in [2.05, 4.69) is 11.8 Å². The molecule has 2 fully saturated rings. The Labute approximate surface area is 197 Å². The number of ether oxygens (including phenoxy) is 7. The topological polar surface area (TPSA) is 102 Å². The first kappa shape index (κ1) is 28.0. The molecule has 1 N–H and O–H groups in total. The van der Waals surface area contributed by atoms with E-state index in [1.54, 1.807) is 6.92 Å². The largest absolute Gasteiger partial charge is 0.469 e. The second kappa shape index (κ2) is 16.4. The molecule has 2 aliphatic heterocycles. The quantitative estimate of drug-likeness (QED) is 0.246. The van der Waals surface area contributed by atoms with E-state index < -0.39 is 30.2 Å². The van der Waals surface area contributed by atoms with E-state index in [0.717, 1.165) is 45.1 Å². The Kier molecular flexibility index (Phi) is 13.9. The fourth-order valence-corrected chi connectivity index (χ4v) is 3.86. The Balaban J connectivity index is 1.91. The van der Waals surface area contributed by atoms with Gasteiger partial charge in [0.15, 0.2) is 12.6 Å². The zero-order valence-corrected chi connectivity index (χ0v) is 20.2. The molecule has 0 bridgehead atoms. The predicted molar refractivity (Wildman–Crippen MR) is 119 cm³/mol. The number of aliphatic hydroxyl groups excluding tert-OH is 1. The number of hydrogen-bond donors (Lipinski definition) is 1. The van der Waals surface area contributed by atoms with Crippen LogP contribution in [0.1, 0.15) is 58.3 Å². The van der Waals surface area contributed by atoms with Gasteiger partial charge >= 0.3 is 5.97 Å². The normalized spacial score (nSPS) is 24.7. The minimum Gasteiger partial charge on any atom is -0.469 e. The monoisotopic (exact) mass is 472 g/mol. The SMILES string of the molecule is COCO[C@H](CC#CCOC1CCCCO1)CC(C(=O)OC)C(O)[C@H](C)OC1CCCCO1. The maximum Gasteiger partial charge on any atom is 0.311 e. The van der Waals surface area contributed by atoms with Crippen molar-refractivity contribution in [3.05, 3.63) is 0 Å². The molecule has 0 aromatic carbocycles. The van der Waals surface area contributed by atoms with E-state index in [-0.39, 0.29) is 32.4 Å². The van der Waals surface area contributed by atoms with Crippen LogP contribution >= 0.6 is 0 Å². The molecule has 33 heavy (non-hydrogen) atoms. The van der Waals surface area contributed by atoms with Crippen molar-refractivity contribution in [3.63, 3.8) is 0 Å². The van der Waals surface area contributed by atoms with E-state index in [9.17, 15) is 9.90 Å². The summed E-state index contributed by atoms with van der Waals surface area (Å²) in [7, 11) is 2.82. The van der Waals surface area contributed by atoms with Gasteiger partial charge in [-0.3, -0.25) is 4.79 Å². The van der Waals surface area contributed by atoms with Crippen molar-refractivity contribution < 1.29 is 43.1 Å². The lowest BCUT2D eigenvalue weighted by atomic mass is 9.91. The van der Waals surface area contributed by atoms with Gasteiger partial charge in [0.05, 0.1) is 31.3 Å². The highest BCUT2D eigenvalue weighted by atomic mass is 16.7. The van der Waals surface area contributed by atoms with Crippen LogP contribution in [0.4, 0.5) is 0 Å². The van der Waals surface area contributed by atoms with Crippen molar-refractivity contribution in [1.82, 2.24) is 0 Å². The van der Waals surface area contributed by atoms with Gasteiger partial charge < -0.3 is 38.3 Å². The molecule has 6 atom stereocenters. The summed E-state index contributed by atoms with van der Waals surface area (Å²) in [6, 6.07) is 0. The summed E-state index contributed by atoms with van der Waals surface area (Å²) >= 11 is 0. The number of aliphatic hydroxyl groups is 1. The Morgan fingerprint density at radius 2 is 1.76 bits per heavy atom. The maximum atomic E-state index is 12.5. The molecule has 0 saturated carbocycles. The molecular formula is C24H40O9. The standard InChI is InChI=1S/C24H40O9/c1-18(33-22-12-6-9-15-31-22)23(25)20(24(26)28-3)16-19(32-17-27-2)10-4-7-13-29-21-11-5-8-14-30-21/h18-23,25H,5-6,8-17H2,1-3H3/t18-,19+,20?,21?,22?,23?/m0/s1. The molecule has 0 spiro atoms. The average Bonchev–Trinajstić information content (AvgIpc) is 2.85. The summed E-state index contributed by atoms with van der Waals surface area (Å²) in [5.41, 5.74) is 0. The number of rotatable bonds is 13. The van der Waals surface area contributed by atoms with Crippen molar-refractivity contribution in [2.75, 3.05) is 40.8 Å². The maximum absolute atomic E-state index is 12.5. The number of carbonyl (C=O) groups is 1. The van der Waals surface area contributed by atoms with Crippen LogP contribution in [0.3, 0.4) is 0 Å². The third kappa shape index (κ3) is 10.7. The van der Waals surface area contributed by atoms with Crippen LogP contribution < -0.4 is 0 Å². The highest BCUT2D eigenvalue weighted by Gasteiger charge is 2.36. The van der Waals surface area contributed by atoms with Gasteiger partial charge in [0, 0.05) is 26.7 Å². The summed E-state index contributed by atoms with van der Waals surface area (Å²) in [6.45, 7) is 3.39. The summed E-state index contributed by atoms with van der Waals surface area (Å²) in [5.74, 6) is 4.63. The molecular weight excluding hydrogens is 432 g/mol. The highest BCUT2D eigenvalue weighted by molar-refractivity contribution is 5.73. The number of hydrogen-bond acceptors (Lipinski definition) is 9. The van der Waals surface area contributed by atoms with Gasteiger partial charge in [0.25, 0.3) is 0 Å². The number of methoxy groups -OCH3 is 2. The molecule has 0 aromatic heterocycles. The van der Waals surface area contributed by atoms with E-state index in [4.69, 9.17) is 33.2 Å². The second-order valence-electron chi connectivity index (χ2n) is 8.35. The Hall–Kier alpha value is -1.25. The first-order valence-electron chi connectivity index (χ1n) is 11.9. The van der Waals surface area contributed by atoms with E-state index in [1.807, 2.05) is 0 Å². The molecule has 2 rings (SSSR count). The van der Waals surface area contributed by atoms with Gasteiger partial charge in [-0.05, 0) is 51.9 Å². The van der Waals surface area contributed by atoms with E-state index in [0.29, 0.717) is 13.0 Å². The lowest BCUT2D eigenvalue weighted by Crippen LogP contribution is -2.42. The fraction of sp³-hybridized carbons (Fsp3) is 0.875. The molecule has 2 saturated heterocycles. The van der Waals surface area contributed by atoms with Gasteiger partial charge in [-0.1, -0.05) is 11.8 Å². The number of esters is 1. The molecule has 4 unspecified atom stereocenters. The first-order valence-corrected chi connectivity index (χ1v) is 11.9. The van der Waals surface area contributed by atoms with Gasteiger partial charge in [0.1, 0.15) is 13.4 Å². The van der Waals surface area contributed by atoms with Crippen LogP contribution in [-0.4, -0.2) is 82.8 Å². The van der Waals surface area contributed by atoms with Gasteiger partial charge in [-0.2, -0.15) is 0 Å². The summed E-state index contributed by atoms with van der Waals surface area (Å²) in [5, 5.41) is 10.9. The van der Waals surface area contributed by atoms with E-state index >= 15 is 0 Å². The summed E-state index contributed by atoms with van der Waals surface area (Å²) in [6.07, 6.45) is 3.66. The molecule has 2 aliphatic rings. The fourth-order valence-electron chi connectivity index (χ4n) is 3.86. The molecule has 2 heterocycles. The minimum atomic E-state index is -1.09. The summed E-state index contributed by atoms with van der Waals surface area (Å²) < 4.78 is 38.3. The third-order valence-corrected chi connectivity index (χ3v) is 5.77. The van der Waals surface area contributed by atoms with Crippen LogP contribution in [0.15, 0.2) is 0 Å². The van der Waals surface area contributed by atoms with Gasteiger partial charge in [0.2, 0.25) is 0 Å². The Morgan fingerprint density at radius 3 is 2.36 bits per heavy atom. The zero-order chi connectivity index (χ0) is 23.9. The van der Waals surface area contributed by atoms with Crippen molar-refractivity contribution in [2.45, 2.75) is 89.2 Å².